The first-order chi connectivity index (χ1) is 12.2. The van der Waals surface area contributed by atoms with Crippen LogP contribution in [-0.2, 0) is 4.74 Å². The van der Waals surface area contributed by atoms with Gasteiger partial charge in [0.15, 0.2) is 0 Å². The van der Waals surface area contributed by atoms with E-state index in [4.69, 9.17) is 4.74 Å². The fourth-order valence-corrected chi connectivity index (χ4v) is 2.52. The minimum absolute atomic E-state index is 0.106. The Morgan fingerprint density at radius 2 is 1.84 bits per heavy atom. The van der Waals surface area contributed by atoms with Crippen LogP contribution in [0, 0.1) is 0 Å². The number of ether oxygens (including phenoxy) is 1. The van der Waals surface area contributed by atoms with Crippen molar-refractivity contribution in [3.8, 4) is 0 Å². The molecule has 0 saturated carbocycles. The van der Waals surface area contributed by atoms with E-state index in [-0.39, 0.29) is 18.0 Å². The van der Waals surface area contributed by atoms with Gasteiger partial charge in [0.2, 0.25) is 0 Å². The zero-order valence-corrected chi connectivity index (χ0v) is 13.7. The summed E-state index contributed by atoms with van der Waals surface area (Å²) in [6.07, 6.45) is 3.69. The standard InChI is InChI=1S/C18H20N4O3/c23-17(16-5-1-2-10-19-16)21-13-6-8-14(9-7-13)22-18(24)20-12-15-4-3-11-25-15/h1-2,5-10,15H,3-4,11-12H2,(H,21,23)(H2,20,22,24)/t15-/m1/s1. The first-order valence-electron chi connectivity index (χ1n) is 8.19. The average molecular weight is 340 g/mol. The lowest BCUT2D eigenvalue weighted by Crippen LogP contribution is -2.35. The van der Waals surface area contributed by atoms with Gasteiger partial charge in [0.25, 0.3) is 5.91 Å². The van der Waals surface area contributed by atoms with Gasteiger partial charge in [-0.1, -0.05) is 6.07 Å². The van der Waals surface area contributed by atoms with Crippen molar-refractivity contribution >= 4 is 23.3 Å². The van der Waals surface area contributed by atoms with Crippen molar-refractivity contribution in [3.63, 3.8) is 0 Å². The van der Waals surface area contributed by atoms with Gasteiger partial charge in [-0.2, -0.15) is 0 Å². The second-order valence-corrected chi connectivity index (χ2v) is 5.72. The van der Waals surface area contributed by atoms with Crippen LogP contribution in [0.15, 0.2) is 48.7 Å². The molecule has 2 aromatic rings. The summed E-state index contributed by atoms with van der Waals surface area (Å²) in [5, 5.41) is 8.29. The van der Waals surface area contributed by atoms with E-state index < -0.39 is 0 Å². The number of nitrogens with zero attached hydrogens (tertiary/aromatic N) is 1. The van der Waals surface area contributed by atoms with Crippen LogP contribution in [0.3, 0.4) is 0 Å². The molecule has 1 aromatic carbocycles. The molecule has 7 nitrogen and oxygen atoms in total. The van der Waals surface area contributed by atoms with Crippen LogP contribution in [0.5, 0.6) is 0 Å². The van der Waals surface area contributed by atoms with E-state index in [0.29, 0.717) is 23.6 Å². The van der Waals surface area contributed by atoms with E-state index >= 15 is 0 Å². The number of urea groups is 1. The topological polar surface area (TPSA) is 92.4 Å². The lowest BCUT2D eigenvalue weighted by molar-refractivity contribution is 0.102. The molecule has 7 heteroatoms. The number of hydrogen-bond donors (Lipinski definition) is 3. The Morgan fingerprint density at radius 3 is 2.48 bits per heavy atom. The fraction of sp³-hybridized carbons (Fsp3) is 0.278. The van der Waals surface area contributed by atoms with E-state index in [2.05, 4.69) is 20.9 Å². The fourth-order valence-electron chi connectivity index (χ4n) is 2.52. The molecular weight excluding hydrogens is 320 g/mol. The molecule has 1 aliphatic heterocycles. The Labute approximate surface area is 145 Å². The number of hydrogen-bond acceptors (Lipinski definition) is 4. The molecular formula is C18H20N4O3. The number of carbonyl (C=O) groups is 2. The van der Waals surface area contributed by atoms with Gasteiger partial charge in [0.1, 0.15) is 5.69 Å². The van der Waals surface area contributed by atoms with Gasteiger partial charge in [-0.3, -0.25) is 9.78 Å². The maximum Gasteiger partial charge on any atom is 0.319 e. The molecule has 0 spiro atoms. The monoisotopic (exact) mass is 340 g/mol. The molecule has 1 aliphatic rings. The Bertz CT molecular complexity index is 713. The molecule has 2 heterocycles. The van der Waals surface area contributed by atoms with Crippen LogP contribution < -0.4 is 16.0 Å². The predicted octanol–water partition coefficient (Wildman–Crippen LogP) is 2.63. The lowest BCUT2D eigenvalue weighted by Gasteiger charge is -2.12. The van der Waals surface area contributed by atoms with Gasteiger partial charge in [-0.15, -0.1) is 0 Å². The molecule has 3 amide bonds. The van der Waals surface area contributed by atoms with Crippen LogP contribution in [0.4, 0.5) is 16.2 Å². The second kappa shape index (κ2) is 8.25. The van der Waals surface area contributed by atoms with Crippen molar-refractivity contribution < 1.29 is 14.3 Å². The van der Waals surface area contributed by atoms with Gasteiger partial charge in [-0.05, 0) is 49.2 Å². The van der Waals surface area contributed by atoms with Crippen molar-refractivity contribution in [2.24, 2.45) is 0 Å². The molecule has 1 atom stereocenters. The number of anilines is 2. The third kappa shape index (κ3) is 5.02. The van der Waals surface area contributed by atoms with E-state index in [1.807, 2.05) is 0 Å². The number of amides is 3. The summed E-state index contributed by atoms with van der Waals surface area (Å²) >= 11 is 0. The van der Waals surface area contributed by atoms with E-state index in [1.165, 1.54) is 0 Å². The molecule has 25 heavy (non-hydrogen) atoms. The third-order valence-electron chi connectivity index (χ3n) is 3.81. The Morgan fingerprint density at radius 1 is 1.08 bits per heavy atom. The molecule has 1 aromatic heterocycles. The SMILES string of the molecule is O=C(NC[C@H]1CCCO1)Nc1ccc(NC(=O)c2ccccn2)cc1. The minimum Gasteiger partial charge on any atom is -0.376 e. The summed E-state index contributed by atoms with van der Waals surface area (Å²) in [6, 6.07) is 11.8. The molecule has 0 aliphatic carbocycles. The maximum absolute atomic E-state index is 12.0. The summed E-state index contributed by atoms with van der Waals surface area (Å²) in [6.45, 7) is 1.27. The van der Waals surface area contributed by atoms with Gasteiger partial charge < -0.3 is 20.7 Å². The molecule has 3 N–H and O–H groups in total. The predicted molar refractivity (Wildman–Crippen MR) is 94.6 cm³/mol. The Balaban J connectivity index is 1.48. The van der Waals surface area contributed by atoms with E-state index in [1.54, 1.807) is 48.7 Å². The summed E-state index contributed by atoms with van der Waals surface area (Å²) < 4.78 is 5.45. The number of aromatic nitrogens is 1. The van der Waals surface area contributed by atoms with E-state index in [0.717, 1.165) is 19.4 Å². The number of carbonyl (C=O) groups excluding carboxylic acids is 2. The van der Waals surface area contributed by atoms with Crippen LogP contribution in [-0.4, -0.2) is 36.2 Å². The summed E-state index contributed by atoms with van der Waals surface area (Å²) in [4.78, 5) is 27.9. The average Bonchev–Trinajstić information content (AvgIpc) is 3.16. The number of nitrogens with one attached hydrogen (secondary N) is 3. The van der Waals surface area contributed by atoms with Gasteiger partial charge in [0, 0.05) is 30.7 Å². The van der Waals surface area contributed by atoms with Gasteiger partial charge in [0.05, 0.1) is 6.10 Å². The first kappa shape index (κ1) is 16.9. The van der Waals surface area contributed by atoms with E-state index in [9.17, 15) is 9.59 Å². The third-order valence-corrected chi connectivity index (χ3v) is 3.81. The lowest BCUT2D eigenvalue weighted by atomic mass is 10.2. The molecule has 3 rings (SSSR count). The molecule has 1 saturated heterocycles. The second-order valence-electron chi connectivity index (χ2n) is 5.72. The minimum atomic E-state index is -0.282. The number of pyridine rings is 1. The molecule has 1 fully saturated rings. The van der Waals surface area contributed by atoms with Crippen molar-refractivity contribution in [2.75, 3.05) is 23.8 Å². The van der Waals surface area contributed by atoms with Crippen LogP contribution in [0.2, 0.25) is 0 Å². The molecule has 0 unspecified atom stereocenters. The van der Waals surface area contributed by atoms with Crippen LogP contribution in [0.25, 0.3) is 0 Å². The van der Waals surface area contributed by atoms with Crippen molar-refractivity contribution in [2.45, 2.75) is 18.9 Å². The Hall–Kier alpha value is -2.93. The first-order valence-corrected chi connectivity index (χ1v) is 8.19. The molecule has 130 valence electrons. The van der Waals surface area contributed by atoms with Crippen molar-refractivity contribution in [1.29, 1.82) is 0 Å². The van der Waals surface area contributed by atoms with Crippen LogP contribution in [0.1, 0.15) is 23.3 Å². The highest BCUT2D eigenvalue weighted by molar-refractivity contribution is 6.03. The molecule has 0 radical (unpaired) electrons. The smallest absolute Gasteiger partial charge is 0.319 e. The zero-order chi connectivity index (χ0) is 17.5. The highest BCUT2D eigenvalue weighted by Crippen LogP contribution is 2.15. The van der Waals surface area contributed by atoms with Gasteiger partial charge >= 0.3 is 6.03 Å². The zero-order valence-electron chi connectivity index (χ0n) is 13.7. The maximum atomic E-state index is 12.0. The summed E-state index contributed by atoms with van der Waals surface area (Å²) in [5.74, 6) is -0.282. The Kier molecular flexibility index (Phi) is 5.58. The quantitative estimate of drug-likeness (QED) is 0.780. The summed E-state index contributed by atoms with van der Waals surface area (Å²) in [5.41, 5.74) is 1.61. The molecule has 0 bridgehead atoms. The summed E-state index contributed by atoms with van der Waals surface area (Å²) in [7, 11) is 0. The normalized spacial score (nSPS) is 16.2. The number of benzene rings is 1. The van der Waals surface area contributed by atoms with Gasteiger partial charge in [-0.25, -0.2) is 4.79 Å². The van der Waals surface area contributed by atoms with Crippen LogP contribution >= 0.6 is 0 Å². The highest BCUT2D eigenvalue weighted by atomic mass is 16.5. The largest absolute Gasteiger partial charge is 0.376 e. The van der Waals surface area contributed by atoms with Crippen molar-refractivity contribution in [3.05, 3.63) is 54.4 Å². The van der Waals surface area contributed by atoms with Crippen molar-refractivity contribution in [1.82, 2.24) is 10.3 Å². The highest BCUT2D eigenvalue weighted by Gasteiger charge is 2.16. The number of rotatable bonds is 5.